The Morgan fingerprint density at radius 2 is 1.79 bits per heavy atom. The van der Waals surface area contributed by atoms with E-state index in [0.717, 1.165) is 9.87 Å². The Hall–Kier alpha value is -2.81. The SMILES string of the molecule is CCS(=O)(=O)N(CC(=O)NCCc1ccc(F)cc1)c1ccc2c(c1)OCCO2. The molecule has 1 N–H and O–H groups in total. The molecule has 9 heteroatoms. The van der Waals surface area contributed by atoms with Crippen LogP contribution in [0.4, 0.5) is 10.1 Å². The Morgan fingerprint density at radius 1 is 1.10 bits per heavy atom. The van der Waals surface area contributed by atoms with Crippen LogP contribution in [0.15, 0.2) is 42.5 Å². The Morgan fingerprint density at radius 3 is 2.48 bits per heavy atom. The number of anilines is 1. The fraction of sp³-hybridized carbons (Fsp3) is 0.350. The van der Waals surface area contributed by atoms with Crippen LogP contribution in [0.3, 0.4) is 0 Å². The van der Waals surface area contributed by atoms with Gasteiger partial charge in [0, 0.05) is 12.6 Å². The van der Waals surface area contributed by atoms with Crippen molar-refractivity contribution in [1.29, 1.82) is 0 Å². The van der Waals surface area contributed by atoms with E-state index in [2.05, 4.69) is 5.32 Å². The lowest BCUT2D eigenvalue weighted by atomic mass is 10.1. The van der Waals surface area contributed by atoms with Crippen LogP contribution in [0, 0.1) is 5.82 Å². The molecular formula is C20H23FN2O5S. The highest BCUT2D eigenvalue weighted by Gasteiger charge is 2.25. The first-order chi connectivity index (χ1) is 13.9. The molecular weight excluding hydrogens is 399 g/mol. The zero-order valence-electron chi connectivity index (χ0n) is 16.1. The quantitative estimate of drug-likeness (QED) is 0.704. The summed E-state index contributed by atoms with van der Waals surface area (Å²) in [4.78, 5) is 12.4. The lowest BCUT2D eigenvalue weighted by molar-refractivity contribution is -0.119. The van der Waals surface area contributed by atoms with E-state index in [1.165, 1.54) is 19.1 Å². The average molecular weight is 422 g/mol. The van der Waals surface area contributed by atoms with Crippen LogP contribution < -0.4 is 19.1 Å². The first kappa shape index (κ1) is 20.9. The summed E-state index contributed by atoms with van der Waals surface area (Å²) in [5.41, 5.74) is 1.21. The molecule has 0 radical (unpaired) electrons. The van der Waals surface area contributed by atoms with E-state index < -0.39 is 15.9 Å². The van der Waals surface area contributed by atoms with Crippen LogP contribution in [-0.4, -0.2) is 46.4 Å². The minimum absolute atomic E-state index is 0.149. The van der Waals surface area contributed by atoms with Gasteiger partial charge in [0.2, 0.25) is 15.9 Å². The third kappa shape index (κ3) is 5.38. The molecule has 29 heavy (non-hydrogen) atoms. The van der Waals surface area contributed by atoms with Crippen molar-refractivity contribution in [3.8, 4) is 11.5 Å². The highest BCUT2D eigenvalue weighted by Crippen LogP contribution is 2.34. The second-order valence-electron chi connectivity index (χ2n) is 6.46. The van der Waals surface area contributed by atoms with Gasteiger partial charge in [-0.1, -0.05) is 12.1 Å². The summed E-state index contributed by atoms with van der Waals surface area (Å²) in [5, 5.41) is 2.71. The fourth-order valence-electron chi connectivity index (χ4n) is 2.88. The number of rotatable bonds is 8. The molecule has 0 bridgehead atoms. The highest BCUT2D eigenvalue weighted by molar-refractivity contribution is 7.92. The van der Waals surface area contributed by atoms with Crippen LogP contribution in [0.2, 0.25) is 0 Å². The van der Waals surface area contributed by atoms with E-state index in [1.54, 1.807) is 30.3 Å². The van der Waals surface area contributed by atoms with Crippen LogP contribution in [0.5, 0.6) is 11.5 Å². The number of sulfonamides is 1. The summed E-state index contributed by atoms with van der Waals surface area (Å²) < 4.78 is 50.1. The minimum atomic E-state index is -3.68. The van der Waals surface area contributed by atoms with Crippen molar-refractivity contribution in [1.82, 2.24) is 5.32 Å². The Bertz CT molecular complexity index is 963. The summed E-state index contributed by atoms with van der Waals surface area (Å²) in [6, 6.07) is 10.8. The van der Waals surface area contributed by atoms with E-state index in [9.17, 15) is 17.6 Å². The molecule has 1 aliphatic rings. The van der Waals surface area contributed by atoms with Crippen LogP contribution in [0.25, 0.3) is 0 Å². The second kappa shape index (κ2) is 9.13. The predicted molar refractivity (Wildman–Crippen MR) is 107 cm³/mol. The maximum absolute atomic E-state index is 12.9. The number of carbonyl (C=O) groups is 1. The van der Waals surface area contributed by atoms with Crippen molar-refractivity contribution in [3.63, 3.8) is 0 Å². The number of hydrogen-bond donors (Lipinski definition) is 1. The molecule has 1 aliphatic heterocycles. The number of amides is 1. The first-order valence-electron chi connectivity index (χ1n) is 9.30. The summed E-state index contributed by atoms with van der Waals surface area (Å²) in [5.74, 6) is 0.0839. The molecule has 3 rings (SSSR count). The maximum Gasteiger partial charge on any atom is 0.240 e. The number of ether oxygens (including phenoxy) is 2. The zero-order valence-corrected chi connectivity index (χ0v) is 16.9. The molecule has 0 unspecified atom stereocenters. The topological polar surface area (TPSA) is 84.9 Å². The van der Waals surface area contributed by atoms with Crippen molar-refractivity contribution in [2.24, 2.45) is 0 Å². The van der Waals surface area contributed by atoms with E-state index in [1.807, 2.05) is 0 Å². The molecule has 2 aromatic rings. The monoisotopic (exact) mass is 422 g/mol. The number of carbonyl (C=O) groups excluding carboxylic acids is 1. The minimum Gasteiger partial charge on any atom is -0.486 e. The van der Waals surface area contributed by atoms with Gasteiger partial charge < -0.3 is 14.8 Å². The second-order valence-corrected chi connectivity index (χ2v) is 8.64. The number of nitrogens with zero attached hydrogens (tertiary/aromatic N) is 1. The van der Waals surface area contributed by atoms with Crippen LogP contribution in [0.1, 0.15) is 12.5 Å². The van der Waals surface area contributed by atoms with E-state index in [4.69, 9.17) is 9.47 Å². The molecule has 0 aromatic heterocycles. The number of fused-ring (bicyclic) bond motifs is 1. The summed E-state index contributed by atoms with van der Waals surface area (Å²) in [6.07, 6.45) is 0.510. The Balaban J connectivity index is 1.67. The third-order valence-corrected chi connectivity index (χ3v) is 6.19. The van der Waals surface area contributed by atoms with Gasteiger partial charge in [0.15, 0.2) is 11.5 Å². The maximum atomic E-state index is 12.9. The van der Waals surface area contributed by atoms with Crippen LogP contribution >= 0.6 is 0 Å². The molecule has 1 heterocycles. The standard InChI is InChI=1S/C20H23FN2O5S/c1-2-29(25,26)23(17-7-8-18-19(13-17)28-12-11-27-18)14-20(24)22-10-9-15-3-5-16(21)6-4-15/h3-8,13H,2,9-12,14H2,1H3,(H,22,24). The van der Waals surface area contributed by atoms with E-state index in [0.29, 0.717) is 43.4 Å². The van der Waals surface area contributed by atoms with Gasteiger partial charge in [0.05, 0.1) is 11.4 Å². The van der Waals surface area contributed by atoms with Crippen molar-refractivity contribution >= 4 is 21.6 Å². The van der Waals surface area contributed by atoms with Gasteiger partial charge in [-0.05, 0) is 43.2 Å². The van der Waals surface area contributed by atoms with Gasteiger partial charge >= 0.3 is 0 Å². The van der Waals surface area contributed by atoms with Gasteiger partial charge in [-0.15, -0.1) is 0 Å². The molecule has 2 aromatic carbocycles. The summed E-state index contributed by atoms with van der Waals surface area (Å²) in [7, 11) is -3.68. The molecule has 0 aliphatic carbocycles. The van der Waals surface area contributed by atoms with Gasteiger partial charge in [-0.25, -0.2) is 12.8 Å². The van der Waals surface area contributed by atoms with Gasteiger partial charge in [0.25, 0.3) is 0 Å². The molecule has 156 valence electrons. The molecule has 0 saturated carbocycles. The summed E-state index contributed by atoms with van der Waals surface area (Å²) >= 11 is 0. The van der Waals surface area contributed by atoms with Gasteiger partial charge in [-0.3, -0.25) is 9.10 Å². The fourth-order valence-corrected chi connectivity index (χ4v) is 3.94. The highest BCUT2D eigenvalue weighted by atomic mass is 32.2. The average Bonchev–Trinajstić information content (AvgIpc) is 2.73. The molecule has 0 spiro atoms. The normalized spacial score (nSPS) is 13.0. The van der Waals surface area contributed by atoms with Gasteiger partial charge in [-0.2, -0.15) is 0 Å². The van der Waals surface area contributed by atoms with E-state index >= 15 is 0 Å². The zero-order chi connectivity index (χ0) is 20.9. The first-order valence-corrected chi connectivity index (χ1v) is 10.9. The van der Waals surface area contributed by atoms with E-state index in [-0.39, 0.29) is 18.1 Å². The van der Waals surface area contributed by atoms with Crippen molar-refractivity contribution in [2.75, 3.05) is 36.4 Å². The van der Waals surface area contributed by atoms with Crippen LogP contribution in [-0.2, 0) is 21.2 Å². The number of benzene rings is 2. The number of halogens is 1. The largest absolute Gasteiger partial charge is 0.486 e. The lowest BCUT2D eigenvalue weighted by Gasteiger charge is -2.25. The molecule has 0 fully saturated rings. The van der Waals surface area contributed by atoms with Crippen molar-refractivity contribution < 1.29 is 27.1 Å². The third-order valence-electron chi connectivity index (χ3n) is 4.45. The molecule has 7 nitrogen and oxygen atoms in total. The predicted octanol–water partition coefficient (Wildman–Crippen LogP) is 2.11. The smallest absolute Gasteiger partial charge is 0.240 e. The molecule has 1 amide bonds. The Labute approximate surface area is 169 Å². The van der Waals surface area contributed by atoms with Crippen molar-refractivity contribution in [3.05, 3.63) is 53.8 Å². The Kier molecular flexibility index (Phi) is 6.58. The molecule has 0 saturated heterocycles. The van der Waals surface area contributed by atoms with Gasteiger partial charge in [0.1, 0.15) is 25.6 Å². The number of nitrogens with one attached hydrogen (secondary N) is 1. The lowest BCUT2D eigenvalue weighted by Crippen LogP contribution is -2.42. The summed E-state index contributed by atoms with van der Waals surface area (Å²) in [6.45, 7) is 2.29. The van der Waals surface area contributed by atoms with Crippen molar-refractivity contribution in [2.45, 2.75) is 13.3 Å². The molecule has 0 atom stereocenters. The number of hydrogen-bond acceptors (Lipinski definition) is 5.